The lowest BCUT2D eigenvalue weighted by Crippen LogP contribution is -2.64. The van der Waals surface area contributed by atoms with Crippen LogP contribution < -0.4 is 5.32 Å². The summed E-state index contributed by atoms with van der Waals surface area (Å²) >= 11 is 0. The first-order valence-electron chi connectivity index (χ1n) is 10.4. The lowest BCUT2D eigenvalue weighted by Gasteiger charge is -2.44. The summed E-state index contributed by atoms with van der Waals surface area (Å²) in [4.78, 5) is 15.3. The molecule has 1 unspecified atom stereocenters. The zero-order chi connectivity index (χ0) is 18.3. The van der Waals surface area contributed by atoms with Gasteiger partial charge in [-0.25, -0.2) is 0 Å². The highest BCUT2D eigenvalue weighted by atomic mass is 16.2. The van der Waals surface area contributed by atoms with E-state index in [1.807, 2.05) is 0 Å². The Bertz CT molecular complexity index is 771. The molecule has 3 nitrogen and oxygen atoms in total. The van der Waals surface area contributed by atoms with Crippen molar-refractivity contribution < 1.29 is 4.79 Å². The molecule has 2 saturated carbocycles. The number of nitrogens with one attached hydrogen (secondary N) is 1. The number of carbonyl (C=O) groups excluding carboxylic acids is 1. The highest BCUT2D eigenvalue weighted by Crippen LogP contribution is 2.59. The van der Waals surface area contributed by atoms with Gasteiger partial charge in [-0.05, 0) is 36.3 Å². The quantitative estimate of drug-likeness (QED) is 0.901. The van der Waals surface area contributed by atoms with Gasteiger partial charge >= 0.3 is 0 Å². The number of carbonyl (C=O) groups is 1. The van der Waals surface area contributed by atoms with Crippen molar-refractivity contribution in [1.29, 1.82) is 0 Å². The van der Waals surface area contributed by atoms with Crippen LogP contribution in [0.4, 0.5) is 0 Å². The molecule has 1 heterocycles. The maximum atomic E-state index is 12.8. The van der Waals surface area contributed by atoms with E-state index in [2.05, 4.69) is 70.9 Å². The predicted octanol–water partition coefficient (Wildman–Crippen LogP) is 3.74. The molecular weight excluding hydrogens is 332 g/mol. The molecule has 0 bridgehead atoms. The van der Waals surface area contributed by atoms with Crippen LogP contribution in [0.15, 0.2) is 60.7 Å². The van der Waals surface area contributed by atoms with Gasteiger partial charge in [-0.15, -0.1) is 0 Å². The van der Waals surface area contributed by atoms with Gasteiger partial charge in [0.05, 0.1) is 0 Å². The molecule has 3 heteroatoms. The fraction of sp³-hybridized carbons (Fsp3) is 0.458. The summed E-state index contributed by atoms with van der Waals surface area (Å²) in [6.45, 7) is 2.80. The van der Waals surface area contributed by atoms with Crippen LogP contribution >= 0.6 is 0 Å². The fourth-order valence-electron chi connectivity index (χ4n) is 5.76. The van der Waals surface area contributed by atoms with Crippen LogP contribution in [0, 0.1) is 5.92 Å². The Morgan fingerprint density at radius 3 is 2.11 bits per heavy atom. The summed E-state index contributed by atoms with van der Waals surface area (Å²) < 4.78 is 0. The highest BCUT2D eigenvalue weighted by molar-refractivity contribution is 5.87. The number of piperazine rings is 1. The molecule has 1 atom stereocenters. The minimum atomic E-state index is -0.236. The first-order valence-corrected chi connectivity index (χ1v) is 10.4. The Morgan fingerprint density at radius 1 is 0.926 bits per heavy atom. The van der Waals surface area contributed by atoms with Crippen molar-refractivity contribution >= 4 is 5.91 Å². The second-order valence-corrected chi connectivity index (χ2v) is 8.55. The molecule has 0 aromatic heterocycles. The molecule has 1 N–H and O–H groups in total. The molecular formula is C24H28N2O. The lowest BCUT2D eigenvalue weighted by atomic mass is 9.84. The van der Waals surface area contributed by atoms with E-state index >= 15 is 0 Å². The molecule has 1 amide bonds. The Balaban J connectivity index is 1.46. The summed E-state index contributed by atoms with van der Waals surface area (Å²) in [7, 11) is 0. The normalized spacial score (nSPS) is 26.1. The maximum absolute atomic E-state index is 12.8. The second-order valence-electron chi connectivity index (χ2n) is 8.55. The number of benzene rings is 2. The molecule has 140 valence electrons. The third-order valence-corrected chi connectivity index (χ3v) is 7.25. The van der Waals surface area contributed by atoms with E-state index in [-0.39, 0.29) is 16.9 Å². The van der Waals surface area contributed by atoms with Crippen LogP contribution in [0.3, 0.4) is 0 Å². The topological polar surface area (TPSA) is 32.3 Å². The van der Waals surface area contributed by atoms with Gasteiger partial charge in [-0.2, -0.15) is 0 Å². The molecule has 1 aliphatic heterocycles. The molecule has 2 aromatic carbocycles. The molecule has 3 fully saturated rings. The van der Waals surface area contributed by atoms with Crippen LogP contribution in [-0.4, -0.2) is 36.0 Å². The summed E-state index contributed by atoms with van der Waals surface area (Å²) in [6, 6.07) is 21.9. The van der Waals surface area contributed by atoms with Crippen molar-refractivity contribution in [1.82, 2.24) is 10.2 Å². The van der Waals surface area contributed by atoms with Crippen molar-refractivity contribution in [3.63, 3.8) is 0 Å². The van der Waals surface area contributed by atoms with Crippen LogP contribution in [0.25, 0.3) is 0 Å². The molecule has 2 aromatic rings. The van der Waals surface area contributed by atoms with Gasteiger partial charge in [-0.3, -0.25) is 9.69 Å². The lowest BCUT2D eigenvalue weighted by molar-refractivity contribution is -0.137. The minimum absolute atomic E-state index is 0.107. The van der Waals surface area contributed by atoms with Crippen molar-refractivity contribution in [3.05, 3.63) is 71.8 Å². The van der Waals surface area contributed by atoms with Gasteiger partial charge in [-0.1, -0.05) is 73.5 Å². The Kier molecular flexibility index (Phi) is 4.08. The van der Waals surface area contributed by atoms with E-state index in [1.54, 1.807) is 0 Å². The number of nitrogens with zero attached hydrogens (tertiary/aromatic N) is 1. The van der Waals surface area contributed by atoms with E-state index in [0.29, 0.717) is 5.92 Å². The van der Waals surface area contributed by atoms with Gasteiger partial charge in [0.1, 0.15) is 5.54 Å². The molecule has 3 aliphatic rings. The van der Waals surface area contributed by atoms with Gasteiger partial charge in [0, 0.05) is 25.0 Å². The Hall–Kier alpha value is -2.13. The number of amides is 1. The summed E-state index contributed by atoms with van der Waals surface area (Å²) in [6.07, 6.45) is 5.58. The molecule has 1 spiro atoms. The van der Waals surface area contributed by atoms with E-state index in [9.17, 15) is 4.79 Å². The third kappa shape index (κ3) is 2.63. The standard InChI is InChI=1S/C24H28N2O/c27-22-23(13-7-8-14-23)26(16-15-25-22)18-21-17-24(21,19-9-3-1-4-10-19)20-11-5-2-6-12-20/h1-6,9-12,21H,7-8,13-18H2,(H,25,27). The van der Waals surface area contributed by atoms with E-state index in [1.165, 1.54) is 30.4 Å². The minimum Gasteiger partial charge on any atom is -0.353 e. The molecule has 5 rings (SSSR count). The Labute approximate surface area is 161 Å². The molecule has 27 heavy (non-hydrogen) atoms. The van der Waals surface area contributed by atoms with Crippen molar-refractivity contribution in [2.75, 3.05) is 19.6 Å². The van der Waals surface area contributed by atoms with Crippen LogP contribution in [-0.2, 0) is 10.2 Å². The van der Waals surface area contributed by atoms with Crippen LogP contribution in [0.1, 0.15) is 43.2 Å². The summed E-state index contributed by atoms with van der Waals surface area (Å²) in [5, 5.41) is 3.14. The largest absolute Gasteiger partial charge is 0.353 e. The van der Waals surface area contributed by atoms with Crippen LogP contribution in [0.2, 0.25) is 0 Å². The SMILES string of the molecule is O=C1NCCN(CC2CC2(c2ccccc2)c2ccccc2)C12CCCC2. The van der Waals surface area contributed by atoms with Crippen LogP contribution in [0.5, 0.6) is 0 Å². The fourth-order valence-corrected chi connectivity index (χ4v) is 5.76. The van der Waals surface area contributed by atoms with Gasteiger partial charge in [0.2, 0.25) is 5.91 Å². The molecule has 0 radical (unpaired) electrons. The van der Waals surface area contributed by atoms with Crippen molar-refractivity contribution in [2.24, 2.45) is 5.92 Å². The van der Waals surface area contributed by atoms with E-state index < -0.39 is 0 Å². The van der Waals surface area contributed by atoms with E-state index in [4.69, 9.17) is 0 Å². The molecule has 1 saturated heterocycles. The highest BCUT2D eigenvalue weighted by Gasteiger charge is 2.59. The van der Waals surface area contributed by atoms with Gasteiger partial charge in [0.15, 0.2) is 0 Å². The first kappa shape index (κ1) is 17.0. The zero-order valence-electron chi connectivity index (χ0n) is 15.9. The zero-order valence-corrected chi connectivity index (χ0v) is 15.9. The number of hydrogen-bond donors (Lipinski definition) is 1. The monoisotopic (exact) mass is 360 g/mol. The molecule has 2 aliphatic carbocycles. The predicted molar refractivity (Wildman–Crippen MR) is 108 cm³/mol. The number of hydrogen-bond acceptors (Lipinski definition) is 2. The summed E-state index contributed by atoms with van der Waals surface area (Å²) in [5.41, 5.74) is 2.71. The number of rotatable bonds is 4. The smallest absolute Gasteiger partial charge is 0.240 e. The van der Waals surface area contributed by atoms with Gasteiger partial charge < -0.3 is 5.32 Å². The van der Waals surface area contributed by atoms with E-state index in [0.717, 1.165) is 32.5 Å². The van der Waals surface area contributed by atoms with Crippen molar-refractivity contribution in [2.45, 2.75) is 43.1 Å². The summed E-state index contributed by atoms with van der Waals surface area (Å²) in [5.74, 6) is 0.850. The first-order chi connectivity index (χ1) is 13.3. The van der Waals surface area contributed by atoms with Crippen molar-refractivity contribution in [3.8, 4) is 0 Å². The second kappa shape index (κ2) is 6.49. The maximum Gasteiger partial charge on any atom is 0.240 e. The Morgan fingerprint density at radius 2 is 1.52 bits per heavy atom. The average molecular weight is 361 g/mol. The van der Waals surface area contributed by atoms with Gasteiger partial charge in [0.25, 0.3) is 0 Å². The third-order valence-electron chi connectivity index (χ3n) is 7.25. The average Bonchev–Trinajstić information content (AvgIpc) is 3.23.